The van der Waals surface area contributed by atoms with Crippen molar-refractivity contribution >= 4 is 5.97 Å². The van der Waals surface area contributed by atoms with Crippen LogP contribution in [0, 0.1) is 0 Å². The Bertz CT molecular complexity index is 307. The van der Waals surface area contributed by atoms with E-state index in [-0.39, 0.29) is 5.56 Å². The van der Waals surface area contributed by atoms with Crippen LogP contribution in [0.2, 0.25) is 0 Å². The van der Waals surface area contributed by atoms with Crippen LogP contribution in [0.25, 0.3) is 0 Å². The summed E-state index contributed by atoms with van der Waals surface area (Å²) in [7, 11) is 0. The fourth-order valence-corrected chi connectivity index (χ4v) is 1.47. The highest BCUT2D eigenvalue weighted by molar-refractivity contribution is 5.86. The van der Waals surface area contributed by atoms with Gasteiger partial charge in [0.2, 0.25) is 0 Å². The Morgan fingerprint density at radius 3 is 2.73 bits per heavy atom. The van der Waals surface area contributed by atoms with E-state index in [1.54, 1.807) is 10.9 Å². The van der Waals surface area contributed by atoms with Gasteiger partial charge < -0.3 is 5.11 Å². The minimum Gasteiger partial charge on any atom is -0.478 e. The second-order valence-corrected chi connectivity index (χ2v) is 3.71. The molecule has 1 heterocycles. The van der Waals surface area contributed by atoms with Gasteiger partial charge in [0.1, 0.15) is 0 Å². The second-order valence-electron chi connectivity index (χ2n) is 3.71. The van der Waals surface area contributed by atoms with Crippen molar-refractivity contribution in [2.45, 2.75) is 45.6 Å². The molecule has 0 saturated carbocycles. The first-order valence-corrected chi connectivity index (χ1v) is 5.49. The third-order valence-electron chi connectivity index (χ3n) is 2.37. The molecule has 1 aromatic rings. The molecule has 1 N–H and O–H groups in total. The van der Waals surface area contributed by atoms with Crippen molar-refractivity contribution in [3.05, 3.63) is 18.0 Å². The Balaban J connectivity index is 2.23. The quantitative estimate of drug-likeness (QED) is 0.703. The average Bonchev–Trinajstić information content (AvgIpc) is 2.66. The van der Waals surface area contributed by atoms with Gasteiger partial charge in [-0.2, -0.15) is 5.10 Å². The zero-order valence-electron chi connectivity index (χ0n) is 9.15. The summed E-state index contributed by atoms with van der Waals surface area (Å²) < 4.78 is 1.70. The number of nitrogens with zero attached hydrogens (tertiary/aromatic N) is 2. The number of unbranched alkanes of at least 4 members (excludes halogenated alkanes) is 4. The zero-order valence-corrected chi connectivity index (χ0v) is 9.15. The molecule has 0 aliphatic heterocycles. The van der Waals surface area contributed by atoms with E-state index < -0.39 is 5.97 Å². The Hall–Kier alpha value is -1.32. The summed E-state index contributed by atoms with van der Waals surface area (Å²) in [6.45, 7) is 3.00. The van der Waals surface area contributed by atoms with Crippen LogP contribution < -0.4 is 0 Å². The van der Waals surface area contributed by atoms with Gasteiger partial charge in [-0.25, -0.2) is 4.79 Å². The standard InChI is InChI=1S/C11H18N2O2/c1-2-3-4-5-6-7-13-9-10(8-12-13)11(14)15/h8-9H,2-7H2,1H3,(H,14,15). The van der Waals surface area contributed by atoms with Crippen molar-refractivity contribution in [3.63, 3.8) is 0 Å². The number of carboxylic acid groups (broad SMARTS) is 1. The third kappa shape index (κ3) is 4.14. The first-order valence-electron chi connectivity index (χ1n) is 5.49. The van der Waals surface area contributed by atoms with Crippen LogP contribution in [0.1, 0.15) is 49.4 Å². The SMILES string of the molecule is CCCCCCCn1cc(C(=O)O)cn1. The van der Waals surface area contributed by atoms with Gasteiger partial charge in [0.25, 0.3) is 0 Å². The Labute approximate surface area is 89.9 Å². The number of hydrogen-bond acceptors (Lipinski definition) is 2. The van der Waals surface area contributed by atoms with E-state index in [1.165, 1.54) is 31.9 Å². The molecular weight excluding hydrogens is 192 g/mol. The van der Waals surface area contributed by atoms with E-state index in [0.717, 1.165) is 13.0 Å². The maximum atomic E-state index is 10.6. The fourth-order valence-electron chi connectivity index (χ4n) is 1.47. The summed E-state index contributed by atoms with van der Waals surface area (Å²) in [6.07, 6.45) is 9.02. The molecule has 0 saturated heterocycles. The Morgan fingerprint density at radius 2 is 2.13 bits per heavy atom. The van der Waals surface area contributed by atoms with Crippen molar-refractivity contribution < 1.29 is 9.90 Å². The molecule has 0 radical (unpaired) electrons. The van der Waals surface area contributed by atoms with Gasteiger partial charge >= 0.3 is 5.97 Å². The molecule has 4 nitrogen and oxygen atoms in total. The lowest BCUT2D eigenvalue weighted by molar-refractivity contribution is 0.0697. The number of aromatic carboxylic acids is 1. The number of carbonyl (C=O) groups is 1. The highest BCUT2D eigenvalue weighted by Crippen LogP contribution is 2.05. The van der Waals surface area contributed by atoms with Gasteiger partial charge in [0.15, 0.2) is 0 Å². The molecule has 0 unspecified atom stereocenters. The monoisotopic (exact) mass is 210 g/mol. The molecular formula is C11H18N2O2. The normalized spacial score (nSPS) is 10.5. The van der Waals surface area contributed by atoms with Gasteiger partial charge in [-0.15, -0.1) is 0 Å². The summed E-state index contributed by atoms with van der Waals surface area (Å²) in [4.78, 5) is 10.6. The van der Waals surface area contributed by atoms with E-state index in [9.17, 15) is 4.79 Å². The number of rotatable bonds is 7. The summed E-state index contributed by atoms with van der Waals surface area (Å²) in [5, 5.41) is 12.7. The van der Waals surface area contributed by atoms with E-state index in [0.29, 0.717) is 0 Å². The predicted octanol–water partition coefficient (Wildman–Crippen LogP) is 2.55. The number of aromatic nitrogens is 2. The van der Waals surface area contributed by atoms with Gasteiger partial charge in [-0.05, 0) is 6.42 Å². The van der Waals surface area contributed by atoms with Crippen molar-refractivity contribution in [1.82, 2.24) is 9.78 Å². The van der Waals surface area contributed by atoms with Crippen molar-refractivity contribution in [2.24, 2.45) is 0 Å². The number of aryl methyl sites for hydroxylation is 1. The molecule has 0 aliphatic carbocycles. The lowest BCUT2D eigenvalue weighted by Crippen LogP contribution is -1.98. The first-order chi connectivity index (χ1) is 7.24. The van der Waals surface area contributed by atoms with E-state index in [4.69, 9.17) is 5.11 Å². The Kier molecular flexibility index (Phi) is 4.87. The topological polar surface area (TPSA) is 55.1 Å². The first kappa shape index (κ1) is 11.8. The second kappa shape index (κ2) is 6.22. The lowest BCUT2D eigenvalue weighted by Gasteiger charge is -2.00. The van der Waals surface area contributed by atoms with Crippen molar-refractivity contribution in [2.75, 3.05) is 0 Å². The Morgan fingerprint density at radius 1 is 1.40 bits per heavy atom. The molecule has 15 heavy (non-hydrogen) atoms. The summed E-state index contributed by atoms with van der Waals surface area (Å²) in [5.74, 6) is -0.910. The van der Waals surface area contributed by atoms with Crippen LogP contribution in [0.15, 0.2) is 12.4 Å². The molecule has 0 fully saturated rings. The van der Waals surface area contributed by atoms with Gasteiger partial charge in [-0.3, -0.25) is 4.68 Å². The summed E-state index contributed by atoms with van der Waals surface area (Å²) in [5.41, 5.74) is 0.267. The molecule has 1 aromatic heterocycles. The smallest absolute Gasteiger partial charge is 0.338 e. The minimum absolute atomic E-state index is 0.267. The molecule has 0 amide bonds. The van der Waals surface area contributed by atoms with Crippen LogP contribution in [0.3, 0.4) is 0 Å². The lowest BCUT2D eigenvalue weighted by atomic mass is 10.1. The molecule has 0 aliphatic rings. The van der Waals surface area contributed by atoms with Crippen LogP contribution >= 0.6 is 0 Å². The summed E-state index contributed by atoms with van der Waals surface area (Å²) in [6, 6.07) is 0. The van der Waals surface area contributed by atoms with Crippen LogP contribution in [0.4, 0.5) is 0 Å². The van der Waals surface area contributed by atoms with Crippen LogP contribution in [0.5, 0.6) is 0 Å². The minimum atomic E-state index is -0.910. The van der Waals surface area contributed by atoms with Gasteiger partial charge in [0.05, 0.1) is 11.8 Å². The molecule has 4 heteroatoms. The highest BCUT2D eigenvalue weighted by Gasteiger charge is 2.04. The molecule has 0 aromatic carbocycles. The van der Waals surface area contributed by atoms with E-state index in [2.05, 4.69) is 12.0 Å². The maximum absolute atomic E-state index is 10.6. The van der Waals surface area contributed by atoms with Crippen LogP contribution in [-0.4, -0.2) is 20.9 Å². The molecule has 0 atom stereocenters. The van der Waals surface area contributed by atoms with Crippen molar-refractivity contribution in [1.29, 1.82) is 0 Å². The maximum Gasteiger partial charge on any atom is 0.338 e. The summed E-state index contributed by atoms with van der Waals surface area (Å²) >= 11 is 0. The fraction of sp³-hybridized carbons (Fsp3) is 0.636. The molecule has 1 rings (SSSR count). The molecule has 0 bridgehead atoms. The average molecular weight is 210 g/mol. The largest absolute Gasteiger partial charge is 0.478 e. The number of carboxylic acids is 1. The third-order valence-corrected chi connectivity index (χ3v) is 2.37. The number of hydrogen-bond donors (Lipinski definition) is 1. The van der Waals surface area contributed by atoms with Crippen LogP contribution in [-0.2, 0) is 6.54 Å². The van der Waals surface area contributed by atoms with E-state index in [1.807, 2.05) is 0 Å². The molecule has 0 spiro atoms. The zero-order chi connectivity index (χ0) is 11.1. The predicted molar refractivity (Wildman–Crippen MR) is 57.9 cm³/mol. The van der Waals surface area contributed by atoms with Gasteiger partial charge in [0, 0.05) is 12.7 Å². The van der Waals surface area contributed by atoms with E-state index >= 15 is 0 Å². The van der Waals surface area contributed by atoms with Gasteiger partial charge in [-0.1, -0.05) is 32.6 Å². The van der Waals surface area contributed by atoms with Crippen molar-refractivity contribution in [3.8, 4) is 0 Å². The highest BCUT2D eigenvalue weighted by atomic mass is 16.4. The molecule has 84 valence electrons.